The standard InChI is InChI=1S/C20H19N3O6S/c1-13-2-5-15(6-3-13)30(25,26)9-8-18(24)21-20-23-22-19(29-20)11-14-4-7-16-17(10-14)28-12-27-16/h2-7,10H,8-9,11-12H2,1H3,(H,21,23,24). The molecule has 0 aliphatic carbocycles. The van der Waals surface area contributed by atoms with E-state index in [0.29, 0.717) is 23.8 Å². The van der Waals surface area contributed by atoms with Crippen LogP contribution in [0.25, 0.3) is 0 Å². The average Bonchev–Trinajstić information content (AvgIpc) is 3.36. The Morgan fingerprint density at radius 3 is 2.63 bits per heavy atom. The molecule has 0 fully saturated rings. The van der Waals surface area contributed by atoms with Gasteiger partial charge in [0.25, 0.3) is 0 Å². The minimum absolute atomic E-state index is 0.0801. The van der Waals surface area contributed by atoms with Crippen molar-refractivity contribution in [3.8, 4) is 11.5 Å². The second kappa shape index (κ2) is 8.15. The largest absolute Gasteiger partial charge is 0.454 e. The van der Waals surface area contributed by atoms with Crippen LogP contribution in [0.2, 0.25) is 0 Å². The van der Waals surface area contributed by atoms with Gasteiger partial charge in [-0.25, -0.2) is 8.42 Å². The summed E-state index contributed by atoms with van der Waals surface area (Å²) >= 11 is 0. The van der Waals surface area contributed by atoms with Crippen LogP contribution in [0.5, 0.6) is 11.5 Å². The van der Waals surface area contributed by atoms with Gasteiger partial charge in [0.15, 0.2) is 21.3 Å². The van der Waals surface area contributed by atoms with Crippen LogP contribution in [-0.4, -0.2) is 37.1 Å². The molecular formula is C20H19N3O6S. The predicted octanol–water partition coefficient (Wildman–Crippen LogP) is 2.50. The Labute approximate surface area is 172 Å². The molecule has 10 heteroatoms. The fourth-order valence-corrected chi connectivity index (χ4v) is 4.11. The van der Waals surface area contributed by atoms with Crippen LogP contribution in [0.15, 0.2) is 51.8 Å². The minimum Gasteiger partial charge on any atom is -0.454 e. The summed E-state index contributed by atoms with van der Waals surface area (Å²) in [5, 5.41) is 10.1. The molecule has 0 bridgehead atoms. The maximum atomic E-state index is 12.3. The molecule has 4 rings (SSSR count). The highest BCUT2D eigenvalue weighted by Gasteiger charge is 2.18. The van der Waals surface area contributed by atoms with Gasteiger partial charge in [0.2, 0.25) is 18.6 Å². The molecule has 3 aromatic rings. The zero-order chi connectivity index (χ0) is 21.1. The Morgan fingerprint density at radius 1 is 1.07 bits per heavy atom. The van der Waals surface area contributed by atoms with Gasteiger partial charge in [-0.2, -0.15) is 0 Å². The van der Waals surface area contributed by atoms with Crippen LogP contribution in [0, 0.1) is 6.92 Å². The number of anilines is 1. The van der Waals surface area contributed by atoms with Crippen molar-refractivity contribution in [2.45, 2.75) is 24.7 Å². The Kier molecular flexibility index (Phi) is 5.40. The van der Waals surface area contributed by atoms with Gasteiger partial charge in [0.05, 0.1) is 17.1 Å². The molecule has 1 aromatic heterocycles. The Hall–Kier alpha value is -3.40. The third-order valence-electron chi connectivity index (χ3n) is 4.48. The lowest BCUT2D eigenvalue weighted by Crippen LogP contribution is -2.17. The second-order valence-electron chi connectivity index (χ2n) is 6.80. The van der Waals surface area contributed by atoms with Crippen molar-refractivity contribution >= 4 is 21.8 Å². The third kappa shape index (κ3) is 4.60. The Balaban J connectivity index is 1.32. The monoisotopic (exact) mass is 429 g/mol. The predicted molar refractivity (Wildman–Crippen MR) is 106 cm³/mol. The van der Waals surface area contributed by atoms with Gasteiger partial charge in [-0.3, -0.25) is 10.1 Å². The van der Waals surface area contributed by atoms with Crippen LogP contribution in [0.1, 0.15) is 23.4 Å². The molecule has 1 N–H and O–H groups in total. The smallest absolute Gasteiger partial charge is 0.322 e. The number of amides is 1. The lowest BCUT2D eigenvalue weighted by atomic mass is 10.1. The highest BCUT2D eigenvalue weighted by atomic mass is 32.2. The van der Waals surface area contributed by atoms with Crippen molar-refractivity contribution in [1.29, 1.82) is 0 Å². The fourth-order valence-electron chi connectivity index (χ4n) is 2.87. The van der Waals surface area contributed by atoms with Gasteiger partial charge in [0, 0.05) is 6.42 Å². The minimum atomic E-state index is -3.55. The van der Waals surface area contributed by atoms with Gasteiger partial charge < -0.3 is 13.9 Å². The van der Waals surface area contributed by atoms with E-state index in [4.69, 9.17) is 13.9 Å². The van der Waals surface area contributed by atoms with Gasteiger partial charge in [-0.15, -0.1) is 5.10 Å². The third-order valence-corrected chi connectivity index (χ3v) is 6.22. The molecule has 2 heterocycles. The van der Waals surface area contributed by atoms with Crippen LogP contribution in [0.4, 0.5) is 6.01 Å². The zero-order valence-corrected chi connectivity index (χ0v) is 16.9. The molecule has 0 unspecified atom stereocenters. The number of aromatic nitrogens is 2. The number of nitrogens with zero attached hydrogens (tertiary/aromatic N) is 2. The highest BCUT2D eigenvalue weighted by molar-refractivity contribution is 7.91. The van der Waals surface area contributed by atoms with Gasteiger partial charge in [-0.05, 0) is 36.8 Å². The summed E-state index contributed by atoms with van der Waals surface area (Å²) in [5.41, 5.74) is 1.84. The summed E-state index contributed by atoms with van der Waals surface area (Å²) in [4.78, 5) is 12.3. The zero-order valence-electron chi connectivity index (χ0n) is 16.1. The summed E-state index contributed by atoms with van der Waals surface area (Å²) in [6.45, 7) is 2.06. The number of benzene rings is 2. The van der Waals surface area contributed by atoms with Crippen molar-refractivity contribution in [2.75, 3.05) is 17.9 Å². The number of carbonyl (C=O) groups excluding carboxylic acids is 1. The molecule has 1 aliphatic heterocycles. The molecular weight excluding hydrogens is 410 g/mol. The molecule has 2 aromatic carbocycles. The number of ether oxygens (including phenoxy) is 2. The summed E-state index contributed by atoms with van der Waals surface area (Å²) in [7, 11) is -3.55. The van der Waals surface area contributed by atoms with Crippen LogP contribution >= 0.6 is 0 Å². The van der Waals surface area contributed by atoms with E-state index >= 15 is 0 Å². The molecule has 0 atom stereocenters. The van der Waals surface area contributed by atoms with E-state index in [0.717, 1.165) is 11.1 Å². The first-order valence-electron chi connectivity index (χ1n) is 9.19. The molecule has 0 saturated carbocycles. The van der Waals surface area contributed by atoms with E-state index in [1.54, 1.807) is 18.2 Å². The number of nitrogens with one attached hydrogen (secondary N) is 1. The topological polar surface area (TPSA) is 121 Å². The molecule has 1 amide bonds. The number of sulfone groups is 1. The molecule has 9 nitrogen and oxygen atoms in total. The summed E-state index contributed by atoms with van der Waals surface area (Å²) < 4.78 is 40.7. The average molecular weight is 429 g/mol. The van der Waals surface area contributed by atoms with Crippen LogP contribution in [-0.2, 0) is 21.1 Å². The number of fused-ring (bicyclic) bond motifs is 1. The van der Waals surface area contributed by atoms with E-state index in [9.17, 15) is 13.2 Å². The first kappa shape index (κ1) is 19.9. The first-order valence-corrected chi connectivity index (χ1v) is 10.8. The number of carbonyl (C=O) groups is 1. The van der Waals surface area contributed by atoms with E-state index in [1.807, 2.05) is 19.1 Å². The van der Waals surface area contributed by atoms with Crippen molar-refractivity contribution in [2.24, 2.45) is 0 Å². The summed E-state index contributed by atoms with van der Waals surface area (Å²) in [6, 6.07) is 11.9. The normalized spacial score (nSPS) is 12.7. The molecule has 1 aliphatic rings. The van der Waals surface area contributed by atoms with Gasteiger partial charge in [-0.1, -0.05) is 28.9 Å². The number of hydrogen-bond acceptors (Lipinski definition) is 8. The maximum Gasteiger partial charge on any atom is 0.322 e. The Bertz CT molecular complexity index is 1170. The number of aryl methyl sites for hydroxylation is 1. The number of rotatable bonds is 7. The summed E-state index contributed by atoms with van der Waals surface area (Å²) in [5.74, 6) is 0.786. The van der Waals surface area contributed by atoms with Gasteiger partial charge in [0.1, 0.15) is 0 Å². The second-order valence-corrected chi connectivity index (χ2v) is 8.90. The molecule has 30 heavy (non-hydrogen) atoms. The van der Waals surface area contributed by atoms with Crippen LogP contribution < -0.4 is 14.8 Å². The van der Waals surface area contributed by atoms with E-state index in [2.05, 4.69) is 15.5 Å². The summed E-state index contributed by atoms with van der Waals surface area (Å²) in [6.07, 6.45) is 0.122. The van der Waals surface area contributed by atoms with Crippen molar-refractivity contribution < 1.29 is 27.1 Å². The van der Waals surface area contributed by atoms with Crippen LogP contribution in [0.3, 0.4) is 0 Å². The van der Waals surface area contributed by atoms with Crippen molar-refractivity contribution in [3.05, 3.63) is 59.5 Å². The Morgan fingerprint density at radius 2 is 1.83 bits per heavy atom. The van der Waals surface area contributed by atoms with Crippen molar-refractivity contribution in [3.63, 3.8) is 0 Å². The fraction of sp³-hybridized carbons (Fsp3) is 0.250. The SMILES string of the molecule is Cc1ccc(S(=O)(=O)CCC(=O)Nc2nnc(Cc3ccc4c(c3)OCO4)o2)cc1. The van der Waals surface area contributed by atoms with E-state index in [-0.39, 0.29) is 29.9 Å². The molecule has 0 spiro atoms. The highest BCUT2D eigenvalue weighted by Crippen LogP contribution is 2.33. The quantitative estimate of drug-likeness (QED) is 0.608. The maximum absolute atomic E-state index is 12.3. The first-order chi connectivity index (χ1) is 14.4. The number of hydrogen-bond donors (Lipinski definition) is 1. The van der Waals surface area contributed by atoms with Crippen molar-refractivity contribution in [1.82, 2.24) is 10.2 Å². The lowest BCUT2D eigenvalue weighted by Gasteiger charge is -2.04. The lowest BCUT2D eigenvalue weighted by molar-refractivity contribution is -0.116. The van der Waals surface area contributed by atoms with Gasteiger partial charge >= 0.3 is 6.01 Å². The molecule has 156 valence electrons. The molecule has 0 radical (unpaired) electrons. The molecule has 0 saturated heterocycles. The van der Waals surface area contributed by atoms with E-state index in [1.165, 1.54) is 12.1 Å². The van der Waals surface area contributed by atoms with E-state index < -0.39 is 15.7 Å².